The first kappa shape index (κ1) is 10.7. The van der Waals surface area contributed by atoms with Crippen molar-refractivity contribution >= 4 is 0 Å². The molecule has 0 radical (unpaired) electrons. The Kier molecular flexibility index (Phi) is 2.59. The van der Waals surface area contributed by atoms with E-state index in [1.54, 1.807) is 0 Å². The van der Waals surface area contributed by atoms with Crippen LogP contribution < -0.4 is 5.32 Å². The number of hydrogen-bond donors (Lipinski definition) is 1. The standard InChI is InChI=1S/C14H21N/c1-13(2)14(3,9-10-15-13)11-12-7-5-4-6-8-12/h4-8,15H,9-11H2,1-3H3. The van der Waals surface area contributed by atoms with Crippen molar-refractivity contribution in [3.05, 3.63) is 35.9 Å². The van der Waals surface area contributed by atoms with Gasteiger partial charge >= 0.3 is 0 Å². The van der Waals surface area contributed by atoms with Crippen molar-refractivity contribution < 1.29 is 0 Å². The highest BCUT2D eigenvalue weighted by atomic mass is 15.0. The fourth-order valence-corrected chi connectivity index (χ4v) is 2.53. The Balaban J connectivity index is 2.18. The van der Waals surface area contributed by atoms with Crippen molar-refractivity contribution in [3.63, 3.8) is 0 Å². The Morgan fingerprint density at radius 2 is 1.80 bits per heavy atom. The summed E-state index contributed by atoms with van der Waals surface area (Å²) in [6, 6.07) is 10.8. The topological polar surface area (TPSA) is 12.0 Å². The van der Waals surface area contributed by atoms with E-state index in [1.165, 1.54) is 18.4 Å². The second kappa shape index (κ2) is 3.64. The lowest BCUT2D eigenvalue weighted by Crippen LogP contribution is -2.46. The molecule has 1 aromatic carbocycles. The minimum Gasteiger partial charge on any atom is -0.311 e. The summed E-state index contributed by atoms with van der Waals surface area (Å²) in [7, 11) is 0. The van der Waals surface area contributed by atoms with Gasteiger partial charge in [-0.05, 0) is 44.2 Å². The van der Waals surface area contributed by atoms with Gasteiger partial charge in [0.15, 0.2) is 0 Å². The molecule has 1 aromatic rings. The molecular weight excluding hydrogens is 182 g/mol. The molecule has 1 fully saturated rings. The van der Waals surface area contributed by atoms with Crippen molar-refractivity contribution in [2.75, 3.05) is 6.54 Å². The highest BCUT2D eigenvalue weighted by Gasteiger charge is 2.44. The maximum Gasteiger partial charge on any atom is 0.0182 e. The van der Waals surface area contributed by atoms with Crippen LogP contribution in [0.15, 0.2) is 30.3 Å². The van der Waals surface area contributed by atoms with Gasteiger partial charge in [-0.1, -0.05) is 37.3 Å². The molecule has 2 rings (SSSR count). The number of hydrogen-bond acceptors (Lipinski definition) is 1. The van der Waals surface area contributed by atoms with Gasteiger partial charge in [-0.25, -0.2) is 0 Å². The van der Waals surface area contributed by atoms with Crippen molar-refractivity contribution in [1.29, 1.82) is 0 Å². The first-order chi connectivity index (χ1) is 7.04. The molecular formula is C14H21N. The summed E-state index contributed by atoms with van der Waals surface area (Å²) < 4.78 is 0. The Morgan fingerprint density at radius 3 is 2.33 bits per heavy atom. The van der Waals surface area contributed by atoms with Gasteiger partial charge < -0.3 is 5.32 Å². The smallest absolute Gasteiger partial charge is 0.0182 e. The zero-order chi connectivity index (χ0) is 10.9. The number of benzene rings is 1. The second-order valence-corrected chi connectivity index (χ2v) is 5.52. The average Bonchev–Trinajstić information content (AvgIpc) is 2.43. The number of rotatable bonds is 2. The van der Waals surface area contributed by atoms with E-state index in [4.69, 9.17) is 0 Å². The highest BCUT2D eigenvalue weighted by Crippen LogP contribution is 2.41. The third-order valence-corrected chi connectivity index (χ3v) is 4.19. The third kappa shape index (κ3) is 1.93. The maximum atomic E-state index is 3.61. The van der Waals surface area contributed by atoms with Crippen LogP contribution in [0.5, 0.6) is 0 Å². The van der Waals surface area contributed by atoms with E-state index < -0.39 is 0 Å². The van der Waals surface area contributed by atoms with Crippen molar-refractivity contribution in [2.45, 2.75) is 39.2 Å². The van der Waals surface area contributed by atoms with Crippen molar-refractivity contribution in [1.82, 2.24) is 5.32 Å². The van der Waals surface area contributed by atoms with Crippen LogP contribution in [-0.4, -0.2) is 12.1 Å². The highest BCUT2D eigenvalue weighted by molar-refractivity contribution is 5.19. The van der Waals surface area contributed by atoms with Crippen LogP contribution in [0.1, 0.15) is 32.8 Å². The quantitative estimate of drug-likeness (QED) is 0.779. The molecule has 1 nitrogen and oxygen atoms in total. The van der Waals surface area contributed by atoms with Crippen LogP contribution in [0.25, 0.3) is 0 Å². The summed E-state index contributed by atoms with van der Waals surface area (Å²) in [6.45, 7) is 8.20. The third-order valence-electron chi connectivity index (χ3n) is 4.19. The monoisotopic (exact) mass is 203 g/mol. The largest absolute Gasteiger partial charge is 0.311 e. The van der Waals surface area contributed by atoms with Crippen molar-refractivity contribution in [2.24, 2.45) is 5.41 Å². The van der Waals surface area contributed by atoms with E-state index in [-0.39, 0.29) is 5.54 Å². The molecule has 0 aromatic heterocycles. The van der Waals surface area contributed by atoms with Gasteiger partial charge in [0.25, 0.3) is 0 Å². The molecule has 1 unspecified atom stereocenters. The SMILES string of the molecule is CC1(Cc2ccccc2)CCNC1(C)C. The van der Waals surface area contributed by atoms with Gasteiger partial charge in [0.1, 0.15) is 0 Å². The van der Waals surface area contributed by atoms with Gasteiger partial charge in [-0.3, -0.25) is 0 Å². The molecule has 1 N–H and O–H groups in total. The lowest BCUT2D eigenvalue weighted by atomic mass is 9.70. The second-order valence-electron chi connectivity index (χ2n) is 5.52. The van der Waals surface area contributed by atoms with E-state index >= 15 is 0 Å². The van der Waals surface area contributed by atoms with Crippen LogP contribution in [-0.2, 0) is 6.42 Å². The van der Waals surface area contributed by atoms with E-state index in [0.29, 0.717) is 5.41 Å². The fraction of sp³-hybridized carbons (Fsp3) is 0.571. The molecule has 1 heteroatoms. The molecule has 1 aliphatic rings. The fourth-order valence-electron chi connectivity index (χ4n) is 2.53. The van der Waals surface area contributed by atoms with Gasteiger partial charge in [-0.15, -0.1) is 0 Å². The molecule has 1 atom stereocenters. The molecule has 0 amide bonds. The normalized spacial score (nSPS) is 29.3. The summed E-state index contributed by atoms with van der Waals surface area (Å²) in [5, 5.41) is 3.61. The zero-order valence-electron chi connectivity index (χ0n) is 10.0. The first-order valence-corrected chi connectivity index (χ1v) is 5.82. The van der Waals surface area contributed by atoms with Gasteiger partial charge in [0.05, 0.1) is 0 Å². The summed E-state index contributed by atoms with van der Waals surface area (Å²) in [4.78, 5) is 0. The van der Waals surface area contributed by atoms with Crippen LogP contribution in [0.4, 0.5) is 0 Å². The van der Waals surface area contributed by atoms with Crippen LogP contribution >= 0.6 is 0 Å². The lowest BCUT2D eigenvalue weighted by Gasteiger charge is -2.38. The van der Waals surface area contributed by atoms with Crippen molar-refractivity contribution in [3.8, 4) is 0 Å². The van der Waals surface area contributed by atoms with Gasteiger partial charge in [0, 0.05) is 5.54 Å². The summed E-state index contributed by atoms with van der Waals surface area (Å²) in [5.41, 5.74) is 2.09. The van der Waals surface area contributed by atoms with E-state index in [9.17, 15) is 0 Å². The van der Waals surface area contributed by atoms with E-state index in [2.05, 4.69) is 56.4 Å². The van der Waals surface area contributed by atoms with Gasteiger partial charge in [-0.2, -0.15) is 0 Å². The maximum absolute atomic E-state index is 3.61. The van der Waals surface area contributed by atoms with Crippen LogP contribution in [0.2, 0.25) is 0 Å². The summed E-state index contributed by atoms with van der Waals surface area (Å²) in [6.07, 6.45) is 2.45. The molecule has 15 heavy (non-hydrogen) atoms. The minimum absolute atomic E-state index is 0.253. The van der Waals surface area contributed by atoms with Gasteiger partial charge in [0.2, 0.25) is 0 Å². The predicted octanol–water partition coefficient (Wildman–Crippen LogP) is 3.01. The Hall–Kier alpha value is -0.820. The molecule has 1 saturated heterocycles. The van der Waals surface area contributed by atoms with Crippen LogP contribution in [0, 0.1) is 5.41 Å². The Morgan fingerprint density at radius 1 is 1.13 bits per heavy atom. The first-order valence-electron chi connectivity index (χ1n) is 5.82. The average molecular weight is 203 g/mol. The predicted molar refractivity (Wildman–Crippen MR) is 65.0 cm³/mol. The molecule has 0 aliphatic carbocycles. The summed E-state index contributed by atoms with van der Waals surface area (Å²) in [5.74, 6) is 0. The molecule has 0 saturated carbocycles. The Labute approximate surface area is 92.9 Å². The lowest BCUT2D eigenvalue weighted by molar-refractivity contribution is 0.195. The Bertz CT molecular complexity index is 328. The van der Waals surface area contributed by atoms with E-state index in [1.807, 2.05) is 0 Å². The molecule has 1 aliphatic heterocycles. The summed E-state index contributed by atoms with van der Waals surface area (Å²) >= 11 is 0. The molecule has 1 heterocycles. The van der Waals surface area contributed by atoms with E-state index in [0.717, 1.165) is 6.54 Å². The number of nitrogens with one attached hydrogen (secondary N) is 1. The molecule has 0 bridgehead atoms. The minimum atomic E-state index is 0.253. The zero-order valence-corrected chi connectivity index (χ0v) is 10.0. The molecule has 82 valence electrons. The molecule has 0 spiro atoms. The van der Waals surface area contributed by atoms with Crippen LogP contribution in [0.3, 0.4) is 0 Å².